The highest BCUT2D eigenvalue weighted by Crippen LogP contribution is 2.27. The van der Waals surface area contributed by atoms with Crippen LogP contribution in [-0.4, -0.2) is 37.1 Å². The topological polar surface area (TPSA) is 36.9 Å². The number of hydrogen-bond donors (Lipinski definition) is 0. The third-order valence-corrected chi connectivity index (χ3v) is 4.32. The molecule has 0 spiro atoms. The fourth-order valence-corrected chi connectivity index (χ4v) is 2.74. The highest BCUT2D eigenvalue weighted by molar-refractivity contribution is 9.09. The highest BCUT2D eigenvalue weighted by Gasteiger charge is 2.05. The average molecular weight is 502 g/mol. The Morgan fingerprint density at radius 1 is 0.481 bits per heavy atom. The summed E-state index contributed by atoms with van der Waals surface area (Å²) in [6.07, 6.45) is 2.98. The zero-order valence-corrected chi connectivity index (χ0v) is 18.5. The molecule has 148 valence electrons. The van der Waals surface area contributed by atoms with Crippen molar-refractivity contribution in [2.75, 3.05) is 37.1 Å². The minimum absolute atomic E-state index is 0.624. The van der Waals surface area contributed by atoms with Gasteiger partial charge in [0.25, 0.3) is 0 Å². The monoisotopic (exact) mass is 500 g/mol. The van der Waals surface area contributed by atoms with Crippen LogP contribution >= 0.6 is 31.9 Å². The summed E-state index contributed by atoms with van der Waals surface area (Å²) >= 11 is 6.73. The molecule has 0 saturated carbocycles. The summed E-state index contributed by atoms with van der Waals surface area (Å²) in [7, 11) is 0. The van der Waals surface area contributed by atoms with Crippen LogP contribution in [0, 0.1) is 0 Å². The molecule has 0 saturated heterocycles. The van der Waals surface area contributed by atoms with E-state index in [0.717, 1.165) is 52.9 Å². The molecular weight excluding hydrogens is 476 g/mol. The normalized spacial score (nSPS) is 10.4. The fourth-order valence-electron chi connectivity index (χ4n) is 2.42. The molecular formula is C21H26Br2O4. The summed E-state index contributed by atoms with van der Waals surface area (Å²) in [6.45, 7) is 2.58. The van der Waals surface area contributed by atoms with E-state index in [9.17, 15) is 0 Å². The zero-order valence-electron chi connectivity index (χ0n) is 15.4. The summed E-state index contributed by atoms with van der Waals surface area (Å²) < 4.78 is 23.0. The van der Waals surface area contributed by atoms with Crippen LogP contribution in [0.1, 0.15) is 19.3 Å². The van der Waals surface area contributed by atoms with Crippen molar-refractivity contribution < 1.29 is 18.9 Å². The van der Waals surface area contributed by atoms with Gasteiger partial charge in [-0.25, -0.2) is 0 Å². The van der Waals surface area contributed by atoms with Gasteiger partial charge in [0.2, 0.25) is 0 Å². The molecule has 0 N–H and O–H groups in total. The summed E-state index contributed by atoms with van der Waals surface area (Å²) in [5, 5.41) is 1.59. The van der Waals surface area contributed by atoms with Gasteiger partial charge < -0.3 is 18.9 Å². The average Bonchev–Trinajstić information content (AvgIpc) is 2.71. The number of unbranched alkanes of at least 4 members (excludes halogenated alkanes) is 2. The molecule has 4 nitrogen and oxygen atoms in total. The third kappa shape index (κ3) is 8.43. The van der Waals surface area contributed by atoms with E-state index in [1.165, 1.54) is 0 Å². The van der Waals surface area contributed by atoms with Gasteiger partial charge in [-0.05, 0) is 43.5 Å². The van der Waals surface area contributed by atoms with Crippen molar-refractivity contribution in [2.45, 2.75) is 19.3 Å². The third-order valence-electron chi connectivity index (χ3n) is 3.67. The summed E-state index contributed by atoms with van der Waals surface area (Å²) in [5.41, 5.74) is 0. The lowest BCUT2D eigenvalue weighted by Crippen LogP contribution is -2.04. The summed E-state index contributed by atoms with van der Waals surface area (Å²) in [4.78, 5) is 0. The number of benzene rings is 2. The van der Waals surface area contributed by atoms with Gasteiger partial charge >= 0.3 is 0 Å². The maximum Gasteiger partial charge on any atom is 0.161 e. The van der Waals surface area contributed by atoms with Gasteiger partial charge in [-0.15, -0.1) is 0 Å². The van der Waals surface area contributed by atoms with E-state index in [1.807, 2.05) is 48.5 Å². The van der Waals surface area contributed by atoms with Crippen molar-refractivity contribution in [3.05, 3.63) is 48.5 Å². The van der Waals surface area contributed by atoms with E-state index in [-0.39, 0.29) is 0 Å². The van der Waals surface area contributed by atoms with E-state index < -0.39 is 0 Å². The van der Waals surface area contributed by atoms with Crippen molar-refractivity contribution in [3.8, 4) is 23.0 Å². The second-order valence-corrected chi connectivity index (χ2v) is 7.31. The molecule has 0 aliphatic heterocycles. The van der Waals surface area contributed by atoms with E-state index in [2.05, 4.69) is 31.9 Å². The minimum Gasteiger partial charge on any atom is -0.490 e. The van der Waals surface area contributed by atoms with Crippen molar-refractivity contribution in [1.82, 2.24) is 0 Å². The first-order valence-electron chi connectivity index (χ1n) is 9.16. The highest BCUT2D eigenvalue weighted by atomic mass is 79.9. The molecule has 0 aliphatic rings. The minimum atomic E-state index is 0.624. The van der Waals surface area contributed by atoms with Crippen LogP contribution in [0.3, 0.4) is 0 Å². The quantitative estimate of drug-likeness (QED) is 0.240. The SMILES string of the molecule is BrCCOc1ccccc1OCCCCCOc1ccccc1OCCBr. The molecule has 6 heteroatoms. The van der Waals surface area contributed by atoms with Crippen molar-refractivity contribution >= 4 is 31.9 Å². The number of rotatable bonds is 14. The van der Waals surface area contributed by atoms with E-state index in [1.54, 1.807) is 0 Å². The van der Waals surface area contributed by atoms with E-state index in [0.29, 0.717) is 26.4 Å². The standard InChI is InChI=1S/C21H26Br2O4/c22-12-16-26-20-10-4-2-8-18(20)24-14-6-1-7-15-25-19-9-3-5-11-21(19)27-17-13-23/h2-5,8-11H,1,6-7,12-17H2. The van der Waals surface area contributed by atoms with Crippen LogP contribution in [0.15, 0.2) is 48.5 Å². The maximum absolute atomic E-state index is 5.86. The van der Waals surface area contributed by atoms with E-state index in [4.69, 9.17) is 18.9 Å². The Labute approximate surface area is 178 Å². The molecule has 0 heterocycles. The zero-order chi connectivity index (χ0) is 19.2. The van der Waals surface area contributed by atoms with Gasteiger partial charge in [0.05, 0.1) is 26.4 Å². The summed E-state index contributed by atoms with van der Waals surface area (Å²) in [6, 6.07) is 15.6. The van der Waals surface area contributed by atoms with Crippen LogP contribution in [0.25, 0.3) is 0 Å². The van der Waals surface area contributed by atoms with Crippen molar-refractivity contribution in [1.29, 1.82) is 0 Å². The molecule has 0 radical (unpaired) electrons. The van der Waals surface area contributed by atoms with Crippen LogP contribution < -0.4 is 18.9 Å². The Hall–Kier alpha value is -1.40. The Bertz CT molecular complexity index is 596. The largest absolute Gasteiger partial charge is 0.490 e. The molecule has 0 amide bonds. The first-order valence-corrected chi connectivity index (χ1v) is 11.4. The predicted octanol–water partition coefficient (Wildman–Crippen LogP) is 5.86. The van der Waals surface area contributed by atoms with Crippen molar-refractivity contribution in [2.24, 2.45) is 0 Å². The first-order chi connectivity index (χ1) is 13.3. The van der Waals surface area contributed by atoms with Gasteiger partial charge in [0.1, 0.15) is 0 Å². The second kappa shape index (κ2) is 13.7. The number of halogens is 2. The van der Waals surface area contributed by atoms with Crippen molar-refractivity contribution in [3.63, 3.8) is 0 Å². The van der Waals surface area contributed by atoms with Crippen LogP contribution in [-0.2, 0) is 0 Å². The molecule has 0 fully saturated rings. The molecule has 2 aromatic carbocycles. The fraction of sp³-hybridized carbons (Fsp3) is 0.429. The van der Waals surface area contributed by atoms with Crippen LogP contribution in [0.2, 0.25) is 0 Å². The number of hydrogen-bond acceptors (Lipinski definition) is 4. The van der Waals surface area contributed by atoms with E-state index >= 15 is 0 Å². The lowest BCUT2D eigenvalue weighted by molar-refractivity contribution is 0.255. The first kappa shape index (κ1) is 21.9. The Balaban J connectivity index is 1.63. The maximum atomic E-state index is 5.86. The molecule has 0 bridgehead atoms. The number of ether oxygens (including phenoxy) is 4. The molecule has 27 heavy (non-hydrogen) atoms. The van der Waals surface area contributed by atoms with Gasteiger partial charge in [-0.2, -0.15) is 0 Å². The van der Waals surface area contributed by atoms with Gasteiger partial charge in [0, 0.05) is 10.7 Å². The number of alkyl halides is 2. The summed E-state index contributed by atoms with van der Waals surface area (Å²) in [5.74, 6) is 3.18. The van der Waals surface area contributed by atoms with Crippen LogP contribution in [0.5, 0.6) is 23.0 Å². The Morgan fingerprint density at radius 3 is 1.15 bits per heavy atom. The number of para-hydroxylation sites is 4. The van der Waals surface area contributed by atoms with Gasteiger partial charge in [-0.1, -0.05) is 56.1 Å². The molecule has 0 aliphatic carbocycles. The predicted molar refractivity (Wildman–Crippen MR) is 116 cm³/mol. The van der Waals surface area contributed by atoms with Crippen LogP contribution in [0.4, 0.5) is 0 Å². The van der Waals surface area contributed by atoms with Gasteiger partial charge in [-0.3, -0.25) is 0 Å². The molecule has 0 aromatic heterocycles. The van der Waals surface area contributed by atoms with Gasteiger partial charge in [0.15, 0.2) is 23.0 Å². The molecule has 0 unspecified atom stereocenters. The molecule has 0 atom stereocenters. The second-order valence-electron chi connectivity index (χ2n) is 5.73. The lowest BCUT2D eigenvalue weighted by atomic mass is 10.2. The molecule has 2 aromatic rings. The molecule has 2 rings (SSSR count). The lowest BCUT2D eigenvalue weighted by Gasteiger charge is -2.13. The smallest absolute Gasteiger partial charge is 0.161 e. The Kier molecular flexibility index (Phi) is 11.1. The Morgan fingerprint density at radius 2 is 0.815 bits per heavy atom.